The number of hydrogen-bond donors (Lipinski definition) is 1. The fraction of sp³-hybridized carbons (Fsp3) is 0.375. The molecule has 4 heteroatoms. The molecule has 2 rings (SSSR count). The Morgan fingerprint density at radius 3 is 2.75 bits per heavy atom. The number of rotatable bonds is 6. The second kappa shape index (κ2) is 6.91. The zero-order chi connectivity index (χ0) is 14.5. The molecule has 0 saturated carbocycles. The van der Waals surface area contributed by atoms with Crippen LogP contribution in [0.2, 0.25) is 5.02 Å². The van der Waals surface area contributed by atoms with Crippen LogP contribution >= 0.6 is 11.6 Å². The van der Waals surface area contributed by atoms with Crippen molar-refractivity contribution in [3.05, 3.63) is 58.3 Å². The van der Waals surface area contributed by atoms with E-state index in [9.17, 15) is 4.39 Å². The summed E-state index contributed by atoms with van der Waals surface area (Å²) in [6.45, 7) is 4.95. The quantitative estimate of drug-likeness (QED) is 0.838. The Kier molecular flexibility index (Phi) is 5.21. The standard InChI is InChI=1S/C16H19ClFNO/c1-3-6-19-16(13-7-11(2)20-10-13)8-12-4-5-14(18)9-15(12)17/h4-5,7,9-10,16,19H,3,6,8H2,1-2H3. The van der Waals surface area contributed by atoms with Crippen molar-refractivity contribution in [1.82, 2.24) is 5.32 Å². The molecule has 0 bridgehead atoms. The summed E-state index contributed by atoms with van der Waals surface area (Å²) in [5.74, 6) is 0.574. The molecule has 2 aromatic rings. The number of halogens is 2. The molecule has 2 nitrogen and oxygen atoms in total. The highest BCUT2D eigenvalue weighted by atomic mass is 35.5. The van der Waals surface area contributed by atoms with Gasteiger partial charge < -0.3 is 9.73 Å². The number of benzene rings is 1. The van der Waals surface area contributed by atoms with Gasteiger partial charge in [0.1, 0.15) is 11.6 Å². The SMILES string of the molecule is CCCNC(Cc1ccc(F)cc1Cl)c1coc(C)c1. The molecule has 1 atom stereocenters. The normalized spacial score (nSPS) is 12.6. The Hall–Kier alpha value is -1.32. The minimum atomic E-state index is -0.309. The van der Waals surface area contributed by atoms with Crippen molar-refractivity contribution in [3.63, 3.8) is 0 Å². The van der Waals surface area contributed by atoms with Crippen molar-refractivity contribution in [2.24, 2.45) is 0 Å². The van der Waals surface area contributed by atoms with Gasteiger partial charge in [-0.2, -0.15) is 0 Å². The van der Waals surface area contributed by atoms with Crippen LogP contribution in [-0.4, -0.2) is 6.54 Å². The summed E-state index contributed by atoms with van der Waals surface area (Å²) in [7, 11) is 0. The number of aryl methyl sites for hydroxylation is 1. The van der Waals surface area contributed by atoms with Crippen LogP contribution in [0, 0.1) is 12.7 Å². The molecule has 0 aliphatic carbocycles. The van der Waals surface area contributed by atoms with Crippen molar-refractivity contribution in [3.8, 4) is 0 Å². The van der Waals surface area contributed by atoms with Crippen molar-refractivity contribution >= 4 is 11.6 Å². The van der Waals surface area contributed by atoms with Crippen LogP contribution in [0.15, 0.2) is 34.9 Å². The average Bonchev–Trinajstić information content (AvgIpc) is 2.83. The van der Waals surface area contributed by atoms with E-state index >= 15 is 0 Å². The van der Waals surface area contributed by atoms with E-state index in [0.29, 0.717) is 11.4 Å². The molecule has 0 radical (unpaired) electrons. The third-order valence-electron chi connectivity index (χ3n) is 3.23. The lowest BCUT2D eigenvalue weighted by atomic mass is 10.0. The molecule has 1 N–H and O–H groups in total. The first kappa shape index (κ1) is 15.1. The zero-order valence-corrected chi connectivity index (χ0v) is 12.5. The van der Waals surface area contributed by atoms with Crippen LogP contribution in [0.3, 0.4) is 0 Å². The lowest BCUT2D eigenvalue weighted by molar-refractivity contribution is 0.503. The third-order valence-corrected chi connectivity index (χ3v) is 3.58. The molecular formula is C16H19ClFNO. The predicted molar refractivity (Wildman–Crippen MR) is 79.6 cm³/mol. The molecular weight excluding hydrogens is 277 g/mol. The maximum absolute atomic E-state index is 13.1. The lowest BCUT2D eigenvalue weighted by Crippen LogP contribution is -2.23. The van der Waals surface area contributed by atoms with Crippen molar-refractivity contribution < 1.29 is 8.81 Å². The van der Waals surface area contributed by atoms with Gasteiger partial charge in [0.25, 0.3) is 0 Å². The second-order valence-electron chi connectivity index (χ2n) is 4.94. The lowest BCUT2D eigenvalue weighted by Gasteiger charge is -2.18. The highest BCUT2D eigenvalue weighted by Gasteiger charge is 2.15. The number of nitrogens with one attached hydrogen (secondary N) is 1. The zero-order valence-electron chi connectivity index (χ0n) is 11.7. The Morgan fingerprint density at radius 1 is 1.35 bits per heavy atom. The van der Waals surface area contributed by atoms with Gasteiger partial charge in [0.05, 0.1) is 6.26 Å². The van der Waals surface area contributed by atoms with Crippen LogP contribution in [0.1, 0.15) is 36.3 Å². The minimum Gasteiger partial charge on any atom is -0.469 e. The molecule has 1 aromatic carbocycles. The average molecular weight is 296 g/mol. The second-order valence-corrected chi connectivity index (χ2v) is 5.34. The first-order chi connectivity index (χ1) is 9.60. The molecule has 1 unspecified atom stereocenters. The first-order valence-electron chi connectivity index (χ1n) is 6.82. The van der Waals surface area contributed by atoms with Crippen LogP contribution in [-0.2, 0) is 6.42 Å². The van der Waals surface area contributed by atoms with Crippen molar-refractivity contribution in [2.45, 2.75) is 32.7 Å². The summed E-state index contributed by atoms with van der Waals surface area (Å²) in [6, 6.07) is 6.68. The molecule has 108 valence electrons. The summed E-state index contributed by atoms with van der Waals surface area (Å²) >= 11 is 6.11. The molecule has 0 amide bonds. The summed E-state index contributed by atoms with van der Waals surface area (Å²) < 4.78 is 18.5. The van der Waals surface area contributed by atoms with Crippen molar-refractivity contribution in [2.75, 3.05) is 6.54 Å². The molecule has 1 aromatic heterocycles. The fourth-order valence-electron chi connectivity index (χ4n) is 2.18. The Labute approximate surface area is 123 Å². The highest BCUT2D eigenvalue weighted by Crippen LogP contribution is 2.25. The van der Waals surface area contributed by atoms with Crippen LogP contribution in [0.25, 0.3) is 0 Å². The molecule has 20 heavy (non-hydrogen) atoms. The molecule has 0 saturated heterocycles. The summed E-state index contributed by atoms with van der Waals surface area (Å²) in [5, 5.41) is 3.94. The molecule has 1 heterocycles. The van der Waals surface area contributed by atoms with Gasteiger partial charge in [0.15, 0.2) is 0 Å². The summed E-state index contributed by atoms with van der Waals surface area (Å²) in [6.07, 6.45) is 3.52. The maximum atomic E-state index is 13.1. The monoisotopic (exact) mass is 295 g/mol. The van der Waals surface area contributed by atoms with Gasteiger partial charge in [-0.05, 0) is 50.1 Å². The highest BCUT2D eigenvalue weighted by molar-refractivity contribution is 6.31. The van der Waals surface area contributed by atoms with E-state index in [1.165, 1.54) is 12.1 Å². The predicted octanol–water partition coefficient (Wildman–Crippen LogP) is 4.66. The summed E-state index contributed by atoms with van der Waals surface area (Å²) in [5.41, 5.74) is 2.02. The van der Waals surface area contributed by atoms with E-state index in [-0.39, 0.29) is 11.9 Å². The number of furan rings is 1. The van der Waals surface area contributed by atoms with E-state index in [2.05, 4.69) is 12.2 Å². The van der Waals surface area contributed by atoms with Gasteiger partial charge in [-0.1, -0.05) is 24.6 Å². The summed E-state index contributed by atoms with van der Waals surface area (Å²) in [4.78, 5) is 0. The van der Waals surface area contributed by atoms with Gasteiger partial charge >= 0.3 is 0 Å². The topological polar surface area (TPSA) is 25.2 Å². The van der Waals surface area contributed by atoms with Crippen LogP contribution < -0.4 is 5.32 Å². The van der Waals surface area contributed by atoms with E-state index in [1.54, 1.807) is 12.3 Å². The maximum Gasteiger partial charge on any atom is 0.124 e. The van der Waals surface area contributed by atoms with Gasteiger partial charge in [-0.3, -0.25) is 0 Å². The van der Waals surface area contributed by atoms with Crippen LogP contribution in [0.5, 0.6) is 0 Å². The Bertz CT molecular complexity index is 567. The van der Waals surface area contributed by atoms with Crippen molar-refractivity contribution in [1.29, 1.82) is 0 Å². The van der Waals surface area contributed by atoms with Gasteiger partial charge in [-0.15, -0.1) is 0 Å². The Balaban J connectivity index is 2.18. The van der Waals surface area contributed by atoms with Crippen LogP contribution in [0.4, 0.5) is 4.39 Å². The van der Waals surface area contributed by atoms with E-state index < -0.39 is 0 Å². The van der Waals surface area contributed by atoms with E-state index in [4.69, 9.17) is 16.0 Å². The van der Waals surface area contributed by atoms with E-state index in [0.717, 1.165) is 29.9 Å². The molecule has 0 aliphatic heterocycles. The first-order valence-corrected chi connectivity index (χ1v) is 7.20. The van der Waals surface area contributed by atoms with Gasteiger partial charge in [0.2, 0.25) is 0 Å². The smallest absolute Gasteiger partial charge is 0.124 e. The Morgan fingerprint density at radius 2 is 2.15 bits per heavy atom. The molecule has 0 spiro atoms. The van der Waals surface area contributed by atoms with Gasteiger partial charge in [0, 0.05) is 16.6 Å². The van der Waals surface area contributed by atoms with E-state index in [1.807, 2.05) is 13.0 Å². The fourth-order valence-corrected chi connectivity index (χ4v) is 2.42. The third kappa shape index (κ3) is 3.84. The minimum absolute atomic E-state index is 0.121. The van der Waals surface area contributed by atoms with Gasteiger partial charge in [-0.25, -0.2) is 4.39 Å². The largest absolute Gasteiger partial charge is 0.469 e. The molecule has 0 fully saturated rings. The number of hydrogen-bond acceptors (Lipinski definition) is 2. The molecule has 0 aliphatic rings.